The number of nitrogens with one attached hydrogen (secondary N) is 1. The maximum absolute atomic E-state index is 13.5. The molecule has 1 aliphatic carbocycles. The lowest BCUT2D eigenvalue weighted by molar-refractivity contribution is -0.142. The second-order valence-electron chi connectivity index (χ2n) is 5.98. The second-order valence-corrected chi connectivity index (χ2v) is 6.92. The summed E-state index contributed by atoms with van der Waals surface area (Å²) in [6.07, 6.45) is -2.98. The second kappa shape index (κ2) is 7.65. The van der Waals surface area contributed by atoms with Crippen molar-refractivity contribution in [1.29, 1.82) is 0 Å². The Bertz CT molecular complexity index is 824. The molecule has 0 unspecified atom stereocenters. The number of benzene rings is 1. The van der Waals surface area contributed by atoms with Gasteiger partial charge in [0.05, 0.1) is 11.4 Å². The Balaban J connectivity index is 1.97. The smallest absolute Gasteiger partial charge is 0.355 e. The molecular formula is C18H18F3N3OS. The van der Waals surface area contributed by atoms with E-state index < -0.39 is 11.9 Å². The first-order valence-electron chi connectivity index (χ1n) is 8.36. The first kappa shape index (κ1) is 18.7. The molecule has 0 saturated heterocycles. The van der Waals surface area contributed by atoms with Crippen molar-refractivity contribution in [1.82, 2.24) is 15.3 Å². The molecule has 1 aromatic carbocycles. The maximum atomic E-state index is 13.5. The number of nitrogens with zero attached hydrogens (tertiary/aromatic N) is 2. The number of aryl methyl sites for hydroxylation is 1. The van der Waals surface area contributed by atoms with Gasteiger partial charge in [-0.2, -0.15) is 13.2 Å². The molecule has 4 nitrogen and oxygen atoms in total. The number of rotatable bonds is 5. The van der Waals surface area contributed by atoms with E-state index in [0.29, 0.717) is 24.2 Å². The molecule has 0 spiro atoms. The van der Waals surface area contributed by atoms with Gasteiger partial charge in [0.15, 0.2) is 10.9 Å². The van der Waals surface area contributed by atoms with Crippen molar-refractivity contribution in [3.63, 3.8) is 0 Å². The summed E-state index contributed by atoms with van der Waals surface area (Å²) in [5.74, 6) is -0.260. The molecule has 0 saturated carbocycles. The molecule has 1 aliphatic rings. The van der Waals surface area contributed by atoms with Gasteiger partial charge in [0.2, 0.25) is 5.91 Å². The third-order valence-electron chi connectivity index (χ3n) is 4.08. The number of hydrogen-bond acceptors (Lipinski definition) is 4. The van der Waals surface area contributed by atoms with Crippen LogP contribution < -0.4 is 5.32 Å². The van der Waals surface area contributed by atoms with Crippen molar-refractivity contribution in [3.05, 3.63) is 41.1 Å². The number of carbonyl (C=O) groups is 1. The molecule has 1 N–H and O–H groups in total. The van der Waals surface area contributed by atoms with Gasteiger partial charge in [-0.25, -0.2) is 9.97 Å². The van der Waals surface area contributed by atoms with E-state index in [1.807, 2.05) is 19.1 Å². The third kappa shape index (κ3) is 4.00. The average Bonchev–Trinajstić information content (AvgIpc) is 2.63. The predicted molar refractivity (Wildman–Crippen MR) is 93.9 cm³/mol. The lowest BCUT2D eigenvalue weighted by Gasteiger charge is -2.22. The van der Waals surface area contributed by atoms with E-state index in [1.165, 1.54) is 0 Å². The topological polar surface area (TPSA) is 54.9 Å². The molecule has 0 fully saturated rings. The van der Waals surface area contributed by atoms with Crippen LogP contribution in [0.5, 0.6) is 0 Å². The summed E-state index contributed by atoms with van der Waals surface area (Å²) in [5, 5.41) is 2.66. The largest absolute Gasteiger partial charge is 0.433 e. The summed E-state index contributed by atoms with van der Waals surface area (Å²) >= 11 is 0.922. The van der Waals surface area contributed by atoms with E-state index in [9.17, 15) is 18.0 Å². The van der Waals surface area contributed by atoms with Crippen molar-refractivity contribution in [2.24, 2.45) is 0 Å². The fourth-order valence-electron chi connectivity index (χ4n) is 2.90. The first-order chi connectivity index (χ1) is 12.4. The van der Waals surface area contributed by atoms with E-state index in [2.05, 4.69) is 15.3 Å². The highest BCUT2D eigenvalue weighted by molar-refractivity contribution is 7.99. The zero-order valence-electron chi connectivity index (χ0n) is 14.2. The minimum Gasteiger partial charge on any atom is -0.355 e. The van der Waals surface area contributed by atoms with Gasteiger partial charge in [-0.05, 0) is 24.8 Å². The molecule has 0 bridgehead atoms. The molecule has 8 heteroatoms. The predicted octanol–water partition coefficient (Wildman–Crippen LogP) is 3.88. The molecule has 1 amide bonds. The summed E-state index contributed by atoms with van der Waals surface area (Å²) in [6, 6.07) is 7.33. The van der Waals surface area contributed by atoms with Gasteiger partial charge in [0.1, 0.15) is 0 Å². The fourth-order valence-corrected chi connectivity index (χ4v) is 3.57. The summed E-state index contributed by atoms with van der Waals surface area (Å²) in [6.45, 7) is 2.46. The average molecular weight is 381 g/mol. The summed E-state index contributed by atoms with van der Waals surface area (Å²) in [7, 11) is 0. The van der Waals surface area contributed by atoms with Gasteiger partial charge in [-0.1, -0.05) is 43.0 Å². The van der Waals surface area contributed by atoms with Crippen molar-refractivity contribution >= 4 is 17.7 Å². The van der Waals surface area contributed by atoms with E-state index in [4.69, 9.17) is 0 Å². The molecule has 1 aromatic heterocycles. The molecule has 0 radical (unpaired) electrons. The Morgan fingerprint density at radius 3 is 2.73 bits per heavy atom. The Labute approximate surface area is 153 Å². The summed E-state index contributed by atoms with van der Waals surface area (Å²) in [4.78, 5) is 19.8. The number of aromatic nitrogens is 2. The number of thioether (sulfide) groups is 1. The Hall–Kier alpha value is -2.09. The Morgan fingerprint density at radius 2 is 2.00 bits per heavy atom. The first-order valence-corrected chi connectivity index (χ1v) is 9.34. The molecule has 0 atom stereocenters. The molecule has 0 aliphatic heterocycles. The van der Waals surface area contributed by atoms with Crippen LogP contribution in [0, 0.1) is 0 Å². The van der Waals surface area contributed by atoms with Crippen molar-refractivity contribution in [2.75, 3.05) is 12.3 Å². The van der Waals surface area contributed by atoms with Crippen LogP contribution in [0.1, 0.15) is 30.2 Å². The van der Waals surface area contributed by atoms with Crippen LogP contribution in [0.3, 0.4) is 0 Å². The van der Waals surface area contributed by atoms with Crippen molar-refractivity contribution in [2.45, 2.75) is 37.5 Å². The maximum Gasteiger partial charge on any atom is 0.433 e. The molecule has 138 valence electrons. The van der Waals surface area contributed by atoms with Gasteiger partial charge < -0.3 is 5.32 Å². The van der Waals surface area contributed by atoms with Crippen LogP contribution in [0.2, 0.25) is 0 Å². The number of alkyl halides is 3. The van der Waals surface area contributed by atoms with E-state index in [-0.39, 0.29) is 28.8 Å². The van der Waals surface area contributed by atoms with Gasteiger partial charge in [0.25, 0.3) is 0 Å². The Morgan fingerprint density at radius 1 is 1.23 bits per heavy atom. The minimum atomic E-state index is -4.56. The van der Waals surface area contributed by atoms with Crippen LogP contribution in [-0.4, -0.2) is 28.2 Å². The third-order valence-corrected chi connectivity index (χ3v) is 4.92. The van der Waals surface area contributed by atoms with E-state index in [1.54, 1.807) is 12.1 Å². The molecular weight excluding hydrogens is 363 g/mol. The summed E-state index contributed by atoms with van der Waals surface area (Å²) in [5.41, 5.74) is 1.25. The van der Waals surface area contributed by atoms with Crippen LogP contribution in [0.4, 0.5) is 13.2 Å². The summed E-state index contributed by atoms with van der Waals surface area (Å²) < 4.78 is 40.6. The van der Waals surface area contributed by atoms with Crippen LogP contribution in [-0.2, 0) is 23.8 Å². The van der Waals surface area contributed by atoms with Gasteiger partial charge in [-0.15, -0.1) is 0 Å². The molecule has 26 heavy (non-hydrogen) atoms. The van der Waals surface area contributed by atoms with Gasteiger partial charge >= 0.3 is 6.18 Å². The molecule has 2 aromatic rings. The van der Waals surface area contributed by atoms with Crippen LogP contribution >= 0.6 is 11.8 Å². The number of halogens is 3. The van der Waals surface area contributed by atoms with Crippen LogP contribution in [0.15, 0.2) is 29.4 Å². The lowest BCUT2D eigenvalue weighted by atomic mass is 9.88. The van der Waals surface area contributed by atoms with Crippen molar-refractivity contribution < 1.29 is 18.0 Å². The van der Waals surface area contributed by atoms with Gasteiger partial charge in [-0.3, -0.25) is 4.79 Å². The quantitative estimate of drug-likeness (QED) is 0.631. The fraction of sp³-hybridized carbons (Fsp3) is 0.389. The molecule has 1 heterocycles. The van der Waals surface area contributed by atoms with Crippen molar-refractivity contribution in [3.8, 4) is 11.3 Å². The standard InChI is InChI=1S/C18H18F3N3OS/c1-2-9-22-14(25)10-26-17-23-15-12-6-4-3-5-11(12)7-8-13(15)16(24-17)18(19,20)21/h3-6H,2,7-10H2,1H3,(H,22,25). The normalized spacial score (nSPS) is 13.1. The molecule has 3 rings (SSSR count). The highest BCUT2D eigenvalue weighted by Crippen LogP contribution is 2.40. The monoisotopic (exact) mass is 381 g/mol. The van der Waals surface area contributed by atoms with Crippen LogP contribution in [0.25, 0.3) is 11.3 Å². The number of fused-ring (bicyclic) bond motifs is 3. The highest BCUT2D eigenvalue weighted by atomic mass is 32.2. The number of hydrogen-bond donors (Lipinski definition) is 1. The number of amides is 1. The SMILES string of the molecule is CCCNC(=O)CSc1nc2c(c(C(F)(F)F)n1)CCc1ccccc1-2. The zero-order valence-corrected chi connectivity index (χ0v) is 15.0. The van der Waals surface area contributed by atoms with Gasteiger partial charge in [0, 0.05) is 17.7 Å². The minimum absolute atomic E-state index is 0.0161. The van der Waals surface area contributed by atoms with E-state index >= 15 is 0 Å². The zero-order chi connectivity index (χ0) is 18.7. The van der Waals surface area contributed by atoms with E-state index in [0.717, 1.165) is 23.7 Å². The lowest BCUT2D eigenvalue weighted by Crippen LogP contribution is -2.26. The number of carbonyl (C=O) groups excluding carboxylic acids is 1. The highest BCUT2D eigenvalue weighted by Gasteiger charge is 2.38. The Kier molecular flexibility index (Phi) is 5.50.